The van der Waals surface area contributed by atoms with Crippen LogP contribution in [0.2, 0.25) is 10.0 Å². The van der Waals surface area contributed by atoms with Crippen molar-refractivity contribution in [3.8, 4) is 0 Å². The fraction of sp³-hybridized carbons (Fsp3) is 0.222. The van der Waals surface area contributed by atoms with E-state index in [0.29, 0.717) is 10.0 Å². The molecule has 0 bridgehead atoms. The van der Waals surface area contributed by atoms with Gasteiger partial charge in [0.25, 0.3) is 0 Å². The number of benzene rings is 2. The number of hydrogen-bond donors (Lipinski definition) is 0. The molecule has 0 saturated heterocycles. The molecular weight excluding hydrogens is 343 g/mol. The summed E-state index contributed by atoms with van der Waals surface area (Å²) in [4.78, 5) is 3.84. The molecule has 0 aliphatic carbocycles. The fourth-order valence-corrected chi connectivity index (χ4v) is 2.36. The standard InChI is InChI=1S/C18H20Cl2N4/c1-23(2)17(13-5-9-15(19)10-6-13)21-22-18(24(3)4)14-7-11-16(20)12-8-14/h5-12H,1-4H3/b21-17-,22-18+. The first-order chi connectivity index (χ1) is 11.4. The Balaban J connectivity index is 2.43. The lowest BCUT2D eigenvalue weighted by Crippen LogP contribution is -2.25. The summed E-state index contributed by atoms with van der Waals surface area (Å²) in [6.07, 6.45) is 0. The minimum atomic E-state index is 0.690. The zero-order valence-corrected chi connectivity index (χ0v) is 15.7. The maximum absolute atomic E-state index is 5.96. The molecule has 0 aliphatic heterocycles. The zero-order chi connectivity index (χ0) is 17.7. The third kappa shape index (κ3) is 4.73. The van der Waals surface area contributed by atoms with Gasteiger partial charge in [-0.3, -0.25) is 0 Å². The number of nitrogens with zero attached hydrogens (tertiary/aromatic N) is 4. The van der Waals surface area contributed by atoms with E-state index in [4.69, 9.17) is 23.2 Å². The van der Waals surface area contributed by atoms with E-state index in [9.17, 15) is 0 Å². The summed E-state index contributed by atoms with van der Waals surface area (Å²) >= 11 is 11.9. The Labute approximate surface area is 153 Å². The van der Waals surface area contributed by atoms with Gasteiger partial charge in [-0.2, -0.15) is 0 Å². The average Bonchev–Trinajstić information content (AvgIpc) is 2.53. The summed E-state index contributed by atoms with van der Waals surface area (Å²) in [5.74, 6) is 1.50. The molecule has 0 atom stereocenters. The van der Waals surface area contributed by atoms with Gasteiger partial charge in [-0.05, 0) is 48.5 Å². The molecule has 0 N–H and O–H groups in total. The third-order valence-electron chi connectivity index (χ3n) is 3.29. The Morgan fingerprint density at radius 3 is 1.17 bits per heavy atom. The lowest BCUT2D eigenvalue weighted by atomic mass is 10.2. The molecule has 2 aromatic rings. The minimum Gasteiger partial charge on any atom is -0.361 e. The monoisotopic (exact) mass is 362 g/mol. The van der Waals surface area contributed by atoms with Crippen LogP contribution in [0, 0.1) is 0 Å². The van der Waals surface area contributed by atoms with Crippen LogP contribution >= 0.6 is 23.2 Å². The molecule has 0 unspecified atom stereocenters. The maximum atomic E-state index is 5.96. The first-order valence-corrected chi connectivity index (χ1v) is 8.16. The third-order valence-corrected chi connectivity index (χ3v) is 3.80. The largest absolute Gasteiger partial charge is 0.361 e. The molecule has 2 rings (SSSR count). The molecule has 0 radical (unpaired) electrons. The second kappa shape index (κ2) is 8.18. The summed E-state index contributed by atoms with van der Waals surface area (Å²) in [5, 5.41) is 10.3. The Kier molecular flexibility index (Phi) is 6.23. The van der Waals surface area contributed by atoms with Crippen molar-refractivity contribution in [2.45, 2.75) is 0 Å². The van der Waals surface area contributed by atoms with E-state index in [-0.39, 0.29) is 0 Å². The normalized spacial score (nSPS) is 12.2. The molecule has 0 fully saturated rings. The van der Waals surface area contributed by atoms with Gasteiger partial charge < -0.3 is 9.80 Å². The number of rotatable bonds is 3. The van der Waals surface area contributed by atoms with Gasteiger partial charge >= 0.3 is 0 Å². The first kappa shape index (κ1) is 18.3. The second-order valence-corrected chi connectivity index (χ2v) is 6.52. The second-order valence-electron chi connectivity index (χ2n) is 5.65. The predicted molar refractivity (Wildman–Crippen MR) is 103 cm³/mol. The summed E-state index contributed by atoms with van der Waals surface area (Å²) in [5.41, 5.74) is 1.89. The number of halogens is 2. The van der Waals surface area contributed by atoms with Crippen molar-refractivity contribution in [2.24, 2.45) is 10.2 Å². The van der Waals surface area contributed by atoms with Crippen molar-refractivity contribution in [1.29, 1.82) is 0 Å². The summed E-state index contributed by atoms with van der Waals surface area (Å²) in [6.45, 7) is 0. The van der Waals surface area contributed by atoms with Gasteiger partial charge in [0.2, 0.25) is 0 Å². The minimum absolute atomic E-state index is 0.690. The lowest BCUT2D eigenvalue weighted by Gasteiger charge is -2.17. The predicted octanol–water partition coefficient (Wildman–Crippen LogP) is 4.23. The summed E-state index contributed by atoms with van der Waals surface area (Å²) in [6, 6.07) is 15.1. The molecular formula is C18H20Cl2N4. The van der Waals surface area contributed by atoms with Crippen molar-refractivity contribution < 1.29 is 0 Å². The molecule has 24 heavy (non-hydrogen) atoms. The molecule has 6 heteroatoms. The smallest absolute Gasteiger partial charge is 0.158 e. The topological polar surface area (TPSA) is 31.2 Å². The fourth-order valence-electron chi connectivity index (χ4n) is 2.10. The van der Waals surface area contributed by atoms with E-state index in [2.05, 4.69) is 10.2 Å². The summed E-state index contributed by atoms with van der Waals surface area (Å²) in [7, 11) is 7.72. The number of hydrogen-bond acceptors (Lipinski definition) is 2. The Bertz CT molecular complexity index is 667. The SMILES string of the molecule is CN(C)/C(=N\N=C(/c1ccc(Cl)cc1)N(C)C)c1ccc(Cl)cc1. The van der Waals surface area contributed by atoms with Crippen LogP contribution in [0.25, 0.3) is 0 Å². The van der Waals surface area contributed by atoms with E-state index in [1.54, 1.807) is 0 Å². The van der Waals surface area contributed by atoms with Gasteiger partial charge in [0.1, 0.15) is 0 Å². The van der Waals surface area contributed by atoms with E-state index < -0.39 is 0 Å². The van der Waals surface area contributed by atoms with E-state index in [0.717, 1.165) is 22.8 Å². The van der Waals surface area contributed by atoms with Crippen LogP contribution in [0.4, 0.5) is 0 Å². The zero-order valence-electron chi connectivity index (χ0n) is 14.2. The maximum Gasteiger partial charge on any atom is 0.158 e. The molecule has 0 amide bonds. The molecule has 4 nitrogen and oxygen atoms in total. The van der Waals surface area contributed by atoms with Gasteiger partial charge in [0, 0.05) is 49.4 Å². The number of amidine groups is 2. The molecule has 0 saturated carbocycles. The highest BCUT2D eigenvalue weighted by atomic mass is 35.5. The van der Waals surface area contributed by atoms with Crippen LogP contribution in [0.15, 0.2) is 58.7 Å². The van der Waals surface area contributed by atoms with Gasteiger partial charge in [-0.25, -0.2) is 0 Å². The van der Waals surface area contributed by atoms with Gasteiger partial charge in [-0.15, -0.1) is 10.2 Å². The summed E-state index contributed by atoms with van der Waals surface area (Å²) < 4.78 is 0. The van der Waals surface area contributed by atoms with Crippen molar-refractivity contribution in [3.63, 3.8) is 0 Å². The molecule has 0 heterocycles. The van der Waals surface area contributed by atoms with Crippen molar-refractivity contribution in [3.05, 3.63) is 69.7 Å². The van der Waals surface area contributed by atoms with Crippen LogP contribution in [-0.2, 0) is 0 Å². The highest BCUT2D eigenvalue weighted by molar-refractivity contribution is 6.31. The van der Waals surface area contributed by atoms with Crippen molar-refractivity contribution >= 4 is 34.9 Å². The first-order valence-electron chi connectivity index (χ1n) is 7.40. The molecule has 0 aliphatic rings. The van der Waals surface area contributed by atoms with E-state index in [1.807, 2.05) is 86.5 Å². The van der Waals surface area contributed by atoms with E-state index in [1.165, 1.54) is 0 Å². The molecule has 0 aromatic heterocycles. The molecule has 0 spiro atoms. The lowest BCUT2D eigenvalue weighted by molar-refractivity contribution is 0.610. The Morgan fingerprint density at radius 1 is 0.625 bits per heavy atom. The van der Waals surface area contributed by atoms with Crippen LogP contribution in [0.1, 0.15) is 11.1 Å². The Hall–Kier alpha value is -2.04. The van der Waals surface area contributed by atoms with Crippen molar-refractivity contribution in [2.75, 3.05) is 28.2 Å². The quantitative estimate of drug-likeness (QED) is 0.464. The average molecular weight is 363 g/mol. The van der Waals surface area contributed by atoms with Crippen molar-refractivity contribution in [1.82, 2.24) is 9.80 Å². The highest BCUT2D eigenvalue weighted by Crippen LogP contribution is 2.13. The van der Waals surface area contributed by atoms with Gasteiger partial charge in [-0.1, -0.05) is 23.2 Å². The van der Waals surface area contributed by atoms with Crippen LogP contribution in [0.3, 0.4) is 0 Å². The Morgan fingerprint density at radius 2 is 0.917 bits per heavy atom. The molecule has 2 aromatic carbocycles. The van der Waals surface area contributed by atoms with Gasteiger partial charge in [0.15, 0.2) is 11.7 Å². The molecule has 126 valence electrons. The van der Waals surface area contributed by atoms with E-state index >= 15 is 0 Å². The van der Waals surface area contributed by atoms with Crippen LogP contribution in [-0.4, -0.2) is 49.7 Å². The highest BCUT2D eigenvalue weighted by Gasteiger charge is 2.09. The van der Waals surface area contributed by atoms with Gasteiger partial charge in [0.05, 0.1) is 0 Å². The van der Waals surface area contributed by atoms with Crippen LogP contribution in [0.5, 0.6) is 0 Å². The van der Waals surface area contributed by atoms with Crippen LogP contribution < -0.4 is 0 Å².